The zero-order valence-corrected chi connectivity index (χ0v) is 11.1. The summed E-state index contributed by atoms with van der Waals surface area (Å²) in [6, 6.07) is -0.142. The van der Waals surface area contributed by atoms with Crippen molar-refractivity contribution in [2.45, 2.75) is 57.0 Å². The predicted octanol–water partition coefficient (Wildman–Crippen LogP) is 2.03. The van der Waals surface area contributed by atoms with Crippen LogP contribution in [0.15, 0.2) is 0 Å². The van der Waals surface area contributed by atoms with E-state index in [-0.39, 0.29) is 11.9 Å². The molecule has 1 rings (SSSR count). The van der Waals surface area contributed by atoms with Crippen LogP contribution in [0.1, 0.15) is 32.6 Å². The maximum atomic E-state index is 12.1. The van der Waals surface area contributed by atoms with Gasteiger partial charge in [-0.2, -0.15) is 13.2 Å². The predicted molar refractivity (Wildman–Crippen MR) is 62.7 cm³/mol. The van der Waals surface area contributed by atoms with Gasteiger partial charge in [0.15, 0.2) is 0 Å². The maximum Gasteiger partial charge on any atom is 0.411 e. The Labute approximate surface area is 110 Å². The van der Waals surface area contributed by atoms with E-state index in [9.17, 15) is 18.0 Å². The van der Waals surface area contributed by atoms with Crippen molar-refractivity contribution in [3.63, 3.8) is 0 Å². The molecule has 1 saturated carbocycles. The molecule has 19 heavy (non-hydrogen) atoms. The lowest BCUT2D eigenvalue weighted by molar-refractivity contribution is -0.188. The Morgan fingerprint density at radius 1 is 1.42 bits per heavy atom. The van der Waals surface area contributed by atoms with Crippen LogP contribution in [-0.4, -0.2) is 44.0 Å². The molecule has 0 bridgehead atoms. The molecule has 1 aliphatic carbocycles. The molecule has 1 aliphatic rings. The van der Waals surface area contributed by atoms with Crippen molar-refractivity contribution in [1.29, 1.82) is 0 Å². The van der Waals surface area contributed by atoms with Gasteiger partial charge in [-0.05, 0) is 32.6 Å². The van der Waals surface area contributed by atoms with E-state index in [4.69, 9.17) is 9.47 Å². The summed E-state index contributed by atoms with van der Waals surface area (Å²) in [6.07, 6.45) is -2.79. The monoisotopic (exact) mass is 283 g/mol. The van der Waals surface area contributed by atoms with E-state index in [0.717, 1.165) is 12.8 Å². The first-order chi connectivity index (χ1) is 8.81. The Morgan fingerprint density at radius 3 is 2.68 bits per heavy atom. The first kappa shape index (κ1) is 16.2. The van der Waals surface area contributed by atoms with E-state index >= 15 is 0 Å². The summed E-state index contributed by atoms with van der Waals surface area (Å²) in [5.41, 5.74) is 0. The number of methoxy groups -OCH3 is 1. The van der Waals surface area contributed by atoms with Crippen LogP contribution in [0.5, 0.6) is 0 Å². The Bertz CT molecular complexity index is 296. The maximum absolute atomic E-state index is 12.1. The van der Waals surface area contributed by atoms with Crippen LogP contribution in [0.4, 0.5) is 13.2 Å². The molecule has 112 valence electrons. The van der Waals surface area contributed by atoms with E-state index in [1.807, 2.05) is 0 Å². The van der Waals surface area contributed by atoms with Crippen molar-refractivity contribution in [2.24, 2.45) is 0 Å². The summed E-state index contributed by atoms with van der Waals surface area (Å²) in [6.45, 7) is 0.391. The van der Waals surface area contributed by atoms with Crippen LogP contribution in [0, 0.1) is 0 Å². The minimum atomic E-state index is -4.30. The summed E-state index contributed by atoms with van der Waals surface area (Å²) in [5, 5.41) is 2.77. The van der Waals surface area contributed by atoms with Crippen molar-refractivity contribution >= 4 is 5.91 Å². The van der Waals surface area contributed by atoms with Crippen molar-refractivity contribution < 1.29 is 27.4 Å². The van der Waals surface area contributed by atoms with Crippen molar-refractivity contribution in [1.82, 2.24) is 5.32 Å². The second kappa shape index (κ2) is 7.09. The molecule has 0 aromatic rings. The Morgan fingerprint density at radius 2 is 2.11 bits per heavy atom. The number of halogens is 3. The van der Waals surface area contributed by atoms with E-state index in [0.29, 0.717) is 12.8 Å². The molecular formula is C12H20F3NO3. The van der Waals surface area contributed by atoms with Crippen molar-refractivity contribution in [3.8, 4) is 0 Å². The van der Waals surface area contributed by atoms with Crippen LogP contribution >= 0.6 is 0 Å². The lowest BCUT2D eigenvalue weighted by Crippen LogP contribution is -2.44. The fourth-order valence-electron chi connectivity index (χ4n) is 2.07. The normalized spacial score (nSPS) is 25.9. The van der Waals surface area contributed by atoms with Gasteiger partial charge >= 0.3 is 6.18 Å². The highest BCUT2D eigenvalue weighted by Crippen LogP contribution is 2.24. The highest BCUT2D eigenvalue weighted by atomic mass is 19.4. The topological polar surface area (TPSA) is 47.6 Å². The largest absolute Gasteiger partial charge is 0.411 e. The standard InChI is InChI=1S/C12H20F3NO3/c1-8(18-2)11(17)16-9-4-3-5-10(6-9)19-7-12(13,14)15/h8-10H,3-7H2,1-2H3,(H,16,17). The van der Waals surface area contributed by atoms with Gasteiger partial charge in [0.2, 0.25) is 5.91 Å². The number of carbonyl (C=O) groups is 1. The molecule has 0 aromatic carbocycles. The van der Waals surface area contributed by atoms with Gasteiger partial charge in [-0.3, -0.25) is 4.79 Å². The minimum Gasteiger partial charge on any atom is -0.372 e. The summed E-state index contributed by atoms with van der Waals surface area (Å²) < 4.78 is 45.9. The zero-order valence-electron chi connectivity index (χ0n) is 11.1. The molecule has 3 unspecified atom stereocenters. The molecule has 1 N–H and O–H groups in total. The molecule has 1 amide bonds. The molecule has 7 heteroatoms. The smallest absolute Gasteiger partial charge is 0.372 e. The molecule has 0 aromatic heterocycles. The average molecular weight is 283 g/mol. The van der Waals surface area contributed by atoms with E-state index < -0.39 is 25.0 Å². The third-order valence-corrected chi connectivity index (χ3v) is 3.18. The number of amides is 1. The zero-order chi connectivity index (χ0) is 14.5. The van der Waals surface area contributed by atoms with Gasteiger partial charge in [-0.25, -0.2) is 0 Å². The number of hydrogen-bond donors (Lipinski definition) is 1. The number of ether oxygens (including phenoxy) is 2. The molecule has 1 fully saturated rings. The number of hydrogen-bond acceptors (Lipinski definition) is 3. The van der Waals surface area contributed by atoms with E-state index in [1.165, 1.54) is 7.11 Å². The van der Waals surface area contributed by atoms with Crippen molar-refractivity contribution in [2.75, 3.05) is 13.7 Å². The van der Waals surface area contributed by atoms with E-state index in [1.54, 1.807) is 6.92 Å². The third kappa shape index (κ3) is 6.24. The number of rotatable bonds is 5. The van der Waals surface area contributed by atoms with Gasteiger partial charge in [0, 0.05) is 13.2 Å². The third-order valence-electron chi connectivity index (χ3n) is 3.18. The number of alkyl halides is 3. The van der Waals surface area contributed by atoms with Crippen molar-refractivity contribution in [3.05, 3.63) is 0 Å². The highest BCUT2D eigenvalue weighted by Gasteiger charge is 2.31. The second-order valence-electron chi connectivity index (χ2n) is 4.80. The second-order valence-corrected chi connectivity index (χ2v) is 4.80. The quantitative estimate of drug-likeness (QED) is 0.840. The number of carbonyl (C=O) groups excluding carboxylic acids is 1. The fraction of sp³-hybridized carbons (Fsp3) is 0.917. The molecular weight excluding hydrogens is 263 g/mol. The summed E-state index contributed by atoms with van der Waals surface area (Å²) in [5.74, 6) is -0.246. The van der Waals surface area contributed by atoms with E-state index in [2.05, 4.69) is 5.32 Å². The van der Waals surface area contributed by atoms with Gasteiger partial charge in [0.1, 0.15) is 12.7 Å². The van der Waals surface area contributed by atoms with Crippen LogP contribution in [0.3, 0.4) is 0 Å². The summed E-state index contributed by atoms with van der Waals surface area (Å²) in [4.78, 5) is 11.6. The first-order valence-electron chi connectivity index (χ1n) is 6.33. The molecule has 0 aliphatic heterocycles. The molecule has 0 radical (unpaired) electrons. The Kier molecular flexibility index (Phi) is 6.06. The van der Waals surface area contributed by atoms with Crippen LogP contribution in [-0.2, 0) is 14.3 Å². The van der Waals surface area contributed by atoms with Gasteiger partial charge < -0.3 is 14.8 Å². The first-order valence-corrected chi connectivity index (χ1v) is 6.33. The van der Waals surface area contributed by atoms with Gasteiger partial charge in [0.25, 0.3) is 0 Å². The fourth-order valence-corrected chi connectivity index (χ4v) is 2.07. The molecule has 0 spiro atoms. The Hall–Kier alpha value is -0.820. The van der Waals surface area contributed by atoms with Gasteiger partial charge in [0.05, 0.1) is 6.10 Å². The van der Waals surface area contributed by atoms with Crippen LogP contribution < -0.4 is 5.32 Å². The number of nitrogens with one attached hydrogen (secondary N) is 1. The lowest BCUT2D eigenvalue weighted by atomic mass is 9.92. The molecule has 4 nitrogen and oxygen atoms in total. The minimum absolute atomic E-state index is 0.142. The van der Waals surface area contributed by atoms with Crippen LogP contribution in [0.25, 0.3) is 0 Å². The molecule has 0 saturated heterocycles. The van der Waals surface area contributed by atoms with Gasteiger partial charge in [-0.1, -0.05) is 0 Å². The Balaban J connectivity index is 2.36. The molecule has 0 heterocycles. The SMILES string of the molecule is COC(C)C(=O)NC1CCCC(OCC(F)(F)F)C1. The average Bonchev–Trinajstić information content (AvgIpc) is 2.35. The molecule has 3 atom stereocenters. The highest BCUT2D eigenvalue weighted by molar-refractivity contribution is 5.80. The summed E-state index contributed by atoms with van der Waals surface area (Å²) >= 11 is 0. The summed E-state index contributed by atoms with van der Waals surface area (Å²) in [7, 11) is 1.43. The lowest BCUT2D eigenvalue weighted by Gasteiger charge is -2.30. The van der Waals surface area contributed by atoms with Crippen LogP contribution in [0.2, 0.25) is 0 Å². The van der Waals surface area contributed by atoms with Gasteiger partial charge in [-0.15, -0.1) is 0 Å².